The number of hydrogen-bond donors (Lipinski definition) is 3. The van der Waals surface area contributed by atoms with Crippen LogP contribution in [0.15, 0.2) is 54.6 Å². The molecule has 0 aliphatic rings. The maximum atomic E-state index is 12.0. The molecule has 4 heteroatoms. The quantitative estimate of drug-likeness (QED) is 0.775. The van der Waals surface area contributed by atoms with Crippen LogP contribution in [0, 0.1) is 0 Å². The van der Waals surface area contributed by atoms with E-state index in [4.69, 9.17) is 0 Å². The van der Waals surface area contributed by atoms with Gasteiger partial charge in [0, 0.05) is 5.56 Å². The van der Waals surface area contributed by atoms with Gasteiger partial charge in [0.25, 0.3) is 5.91 Å². The third-order valence-electron chi connectivity index (χ3n) is 2.99. The lowest BCUT2D eigenvalue weighted by Gasteiger charge is -2.16. The number of phenolic OH excluding ortho intramolecular Hbond substituents is 1. The number of benzene rings is 2. The molecule has 2 rings (SSSR count). The number of aliphatic hydroxyl groups is 1. The van der Waals surface area contributed by atoms with Crippen LogP contribution in [0.25, 0.3) is 0 Å². The van der Waals surface area contributed by atoms with Gasteiger partial charge in [0.15, 0.2) is 0 Å². The van der Waals surface area contributed by atoms with Crippen molar-refractivity contribution in [3.8, 4) is 5.75 Å². The summed E-state index contributed by atoms with van der Waals surface area (Å²) in [4.78, 5) is 12.0. The molecule has 1 atom stereocenters. The van der Waals surface area contributed by atoms with Crippen LogP contribution >= 0.6 is 0 Å². The number of aromatic hydroxyl groups is 1. The first-order valence-electron chi connectivity index (χ1n) is 6.43. The Labute approximate surface area is 117 Å². The second kappa shape index (κ2) is 6.73. The van der Waals surface area contributed by atoms with Crippen molar-refractivity contribution in [2.24, 2.45) is 0 Å². The molecule has 0 spiro atoms. The highest BCUT2D eigenvalue weighted by atomic mass is 16.3. The average Bonchev–Trinajstić information content (AvgIpc) is 2.47. The van der Waals surface area contributed by atoms with Crippen molar-refractivity contribution in [3.63, 3.8) is 0 Å². The number of carbonyl (C=O) groups is 1. The molecule has 0 radical (unpaired) electrons. The molecule has 0 aliphatic heterocycles. The topological polar surface area (TPSA) is 69.6 Å². The average molecular weight is 271 g/mol. The van der Waals surface area contributed by atoms with E-state index in [-0.39, 0.29) is 24.3 Å². The molecule has 4 nitrogen and oxygen atoms in total. The lowest BCUT2D eigenvalue weighted by atomic mass is 10.1. The fourth-order valence-corrected chi connectivity index (χ4v) is 1.98. The Morgan fingerprint density at radius 3 is 2.50 bits per heavy atom. The molecule has 0 saturated carbocycles. The summed E-state index contributed by atoms with van der Waals surface area (Å²) in [6.45, 7) is -0.139. The molecule has 2 aromatic rings. The first-order chi connectivity index (χ1) is 9.69. The van der Waals surface area contributed by atoms with E-state index in [1.165, 1.54) is 12.1 Å². The Morgan fingerprint density at radius 2 is 1.85 bits per heavy atom. The Kier molecular flexibility index (Phi) is 4.74. The first kappa shape index (κ1) is 14.1. The van der Waals surface area contributed by atoms with Gasteiger partial charge in [0.05, 0.1) is 12.6 Å². The predicted molar refractivity (Wildman–Crippen MR) is 76.6 cm³/mol. The molecule has 0 bridgehead atoms. The number of nitrogens with one attached hydrogen (secondary N) is 1. The third-order valence-corrected chi connectivity index (χ3v) is 2.99. The van der Waals surface area contributed by atoms with E-state index in [1.54, 1.807) is 12.1 Å². The van der Waals surface area contributed by atoms with E-state index in [0.29, 0.717) is 12.0 Å². The summed E-state index contributed by atoms with van der Waals surface area (Å²) >= 11 is 0. The van der Waals surface area contributed by atoms with Crippen LogP contribution in [-0.4, -0.2) is 28.8 Å². The zero-order chi connectivity index (χ0) is 14.4. The fourth-order valence-electron chi connectivity index (χ4n) is 1.98. The number of aliphatic hydroxyl groups excluding tert-OH is 1. The molecule has 0 unspecified atom stereocenters. The molecule has 0 aliphatic carbocycles. The summed E-state index contributed by atoms with van der Waals surface area (Å²) in [5.74, 6) is -0.267. The number of rotatable bonds is 5. The van der Waals surface area contributed by atoms with Gasteiger partial charge in [-0.2, -0.15) is 0 Å². The molecule has 0 saturated heterocycles. The van der Waals surface area contributed by atoms with E-state index >= 15 is 0 Å². The van der Waals surface area contributed by atoms with Crippen LogP contribution in [0.4, 0.5) is 0 Å². The normalized spacial score (nSPS) is 11.8. The van der Waals surface area contributed by atoms with E-state index in [1.807, 2.05) is 30.3 Å². The summed E-state index contributed by atoms with van der Waals surface area (Å²) in [6, 6.07) is 15.4. The largest absolute Gasteiger partial charge is 0.508 e. The van der Waals surface area contributed by atoms with Crippen LogP contribution in [0.3, 0.4) is 0 Å². The molecule has 3 N–H and O–H groups in total. The van der Waals surface area contributed by atoms with Gasteiger partial charge in [-0.15, -0.1) is 0 Å². The smallest absolute Gasteiger partial charge is 0.251 e. The van der Waals surface area contributed by atoms with Crippen molar-refractivity contribution >= 4 is 5.91 Å². The van der Waals surface area contributed by atoms with Gasteiger partial charge in [-0.25, -0.2) is 0 Å². The highest BCUT2D eigenvalue weighted by Gasteiger charge is 2.13. The number of phenols is 1. The van der Waals surface area contributed by atoms with Gasteiger partial charge in [-0.05, 0) is 30.2 Å². The van der Waals surface area contributed by atoms with Crippen molar-refractivity contribution in [1.82, 2.24) is 5.32 Å². The standard InChI is InChI=1S/C16H17NO3/c18-11-14(9-12-5-2-1-3-6-12)17-16(20)13-7-4-8-15(19)10-13/h1-8,10,14,18-19H,9,11H2,(H,17,20)/t14-/m1/s1. The minimum Gasteiger partial charge on any atom is -0.508 e. The zero-order valence-electron chi connectivity index (χ0n) is 11.0. The minimum absolute atomic E-state index is 0.0428. The fraction of sp³-hybridized carbons (Fsp3) is 0.188. The molecule has 20 heavy (non-hydrogen) atoms. The summed E-state index contributed by atoms with van der Waals surface area (Å²) in [5.41, 5.74) is 1.42. The number of hydrogen-bond acceptors (Lipinski definition) is 3. The van der Waals surface area contributed by atoms with Crippen LogP contribution < -0.4 is 5.32 Å². The Hall–Kier alpha value is -2.33. The molecular formula is C16H17NO3. The summed E-state index contributed by atoms with van der Waals surface area (Å²) in [7, 11) is 0. The Morgan fingerprint density at radius 1 is 1.10 bits per heavy atom. The Balaban J connectivity index is 2.01. The zero-order valence-corrected chi connectivity index (χ0v) is 11.0. The van der Waals surface area contributed by atoms with Crippen molar-refractivity contribution in [3.05, 3.63) is 65.7 Å². The number of amides is 1. The third kappa shape index (κ3) is 3.83. The molecular weight excluding hydrogens is 254 g/mol. The van der Waals surface area contributed by atoms with E-state index in [9.17, 15) is 15.0 Å². The van der Waals surface area contributed by atoms with Crippen LogP contribution in [0.2, 0.25) is 0 Å². The van der Waals surface area contributed by atoms with Crippen LogP contribution in [0.5, 0.6) is 5.75 Å². The molecule has 0 aromatic heterocycles. The van der Waals surface area contributed by atoms with Crippen molar-refractivity contribution in [1.29, 1.82) is 0 Å². The first-order valence-corrected chi connectivity index (χ1v) is 6.43. The Bertz CT molecular complexity index is 569. The molecule has 0 fully saturated rings. The van der Waals surface area contributed by atoms with Gasteiger partial charge in [0.1, 0.15) is 5.75 Å². The van der Waals surface area contributed by atoms with Gasteiger partial charge in [0.2, 0.25) is 0 Å². The SMILES string of the molecule is O=C(N[C@@H](CO)Cc1ccccc1)c1cccc(O)c1. The van der Waals surface area contributed by atoms with Gasteiger partial charge >= 0.3 is 0 Å². The highest BCUT2D eigenvalue weighted by Crippen LogP contribution is 2.11. The highest BCUT2D eigenvalue weighted by molar-refractivity contribution is 5.94. The maximum Gasteiger partial charge on any atom is 0.251 e. The van der Waals surface area contributed by atoms with Crippen molar-refractivity contribution < 1.29 is 15.0 Å². The molecule has 104 valence electrons. The van der Waals surface area contributed by atoms with Crippen molar-refractivity contribution in [2.75, 3.05) is 6.61 Å². The van der Waals surface area contributed by atoms with Crippen LogP contribution in [-0.2, 0) is 6.42 Å². The number of carbonyl (C=O) groups excluding carboxylic acids is 1. The second-order valence-corrected chi connectivity index (χ2v) is 4.59. The summed E-state index contributed by atoms with van der Waals surface area (Å²) < 4.78 is 0. The maximum absolute atomic E-state index is 12.0. The van der Waals surface area contributed by atoms with Gasteiger partial charge in [-0.1, -0.05) is 36.4 Å². The van der Waals surface area contributed by atoms with Crippen LogP contribution in [0.1, 0.15) is 15.9 Å². The molecule has 2 aromatic carbocycles. The lowest BCUT2D eigenvalue weighted by Crippen LogP contribution is -2.39. The minimum atomic E-state index is -0.354. The predicted octanol–water partition coefficient (Wildman–Crippen LogP) is 1.73. The van der Waals surface area contributed by atoms with E-state index in [2.05, 4.69) is 5.32 Å². The lowest BCUT2D eigenvalue weighted by molar-refractivity contribution is 0.0916. The monoisotopic (exact) mass is 271 g/mol. The van der Waals surface area contributed by atoms with E-state index < -0.39 is 0 Å². The second-order valence-electron chi connectivity index (χ2n) is 4.59. The summed E-state index contributed by atoms with van der Waals surface area (Å²) in [5, 5.41) is 21.5. The summed E-state index contributed by atoms with van der Waals surface area (Å²) in [6.07, 6.45) is 0.557. The van der Waals surface area contributed by atoms with Gasteiger partial charge in [-0.3, -0.25) is 4.79 Å². The van der Waals surface area contributed by atoms with E-state index in [0.717, 1.165) is 5.56 Å². The van der Waals surface area contributed by atoms with Gasteiger partial charge < -0.3 is 15.5 Å². The van der Waals surface area contributed by atoms with Crippen molar-refractivity contribution in [2.45, 2.75) is 12.5 Å². The molecule has 1 amide bonds. The molecule has 0 heterocycles.